The summed E-state index contributed by atoms with van der Waals surface area (Å²) in [5.74, 6) is 3.81. The fourth-order valence-electron chi connectivity index (χ4n) is 10.2. The van der Waals surface area contributed by atoms with Crippen LogP contribution in [0, 0.1) is 6.92 Å². The first kappa shape index (κ1) is 95.6. The highest BCUT2D eigenvalue weighted by atomic mass is 32.1. The molecule has 0 N–H and O–H groups in total. The summed E-state index contributed by atoms with van der Waals surface area (Å²) in [6.07, 6.45) is 31.9. The van der Waals surface area contributed by atoms with E-state index in [1.165, 1.54) is 42.4 Å². The molecule has 114 heavy (non-hydrogen) atoms. The van der Waals surface area contributed by atoms with Crippen molar-refractivity contribution >= 4 is 56.6 Å². The average molecular weight is 1610 g/mol. The molecule has 0 radical (unpaired) electrons. The Kier molecular flexibility index (Phi) is 35.7. The molecule has 11 aromatic rings. The molecule has 1 aliphatic rings. The van der Waals surface area contributed by atoms with E-state index in [-0.39, 0.29) is 48.9 Å². The predicted octanol–water partition coefficient (Wildman–Crippen LogP) is 21.0. The third-order valence-electron chi connectivity index (χ3n) is 17.8. The van der Waals surface area contributed by atoms with Gasteiger partial charge in [-0.1, -0.05) is 172 Å². The summed E-state index contributed by atoms with van der Waals surface area (Å²) in [7, 11) is 3.94. The van der Waals surface area contributed by atoms with E-state index >= 15 is 0 Å². The zero-order chi connectivity index (χ0) is 85.2. The van der Waals surface area contributed by atoms with Gasteiger partial charge in [-0.25, -0.2) is 34.9 Å². The Morgan fingerprint density at radius 1 is 0.351 bits per heavy atom. The second-order valence-corrected chi connectivity index (χ2v) is 39.0. The quantitative estimate of drug-likeness (QED) is 0.118. The standard InChI is InChI=1S/C13H21N3.C12H15N3.C12H21N3.C12H14N2OS.C11H14N2S.C11H20N2S.C10H17N3.C9H14N2/c1-13(2,3)11-9-14-10-12(15-11)16-7-5-4-6-8-16;1-12(2,3)10-8-13-9-11(14-10)15-6-4-5-7-15;1-6-15(7-2)11-9-13-8-10(14-11)12(3,4)5;1-12(2,3)9-8-16-11(13-9)14-7-5-4-6-10(14)15;1-11(2,3)9-8-14-10(12-9)13-6-4-5-7-13;1-6-13(7-2)10-12-9(8-14-10)11(3,4)5;1-10(2,3)8-6-11-7-9(12-8)13(4)5;1-7-5-10-6-8(11-7)9(2,3)4/h9-10H,4-8H2,1-3H3;4-9H,1-3H3;8-9H,6-7H2,1-5H3;4-8H,1-3H3;4-8H,1-3H3;8H,6-7H2,1-5H3;6-7H,1-5H3;5-6H,1-4H3. The summed E-state index contributed by atoms with van der Waals surface area (Å²) in [4.78, 5) is 78.1. The third kappa shape index (κ3) is 31.3. The van der Waals surface area contributed by atoms with Gasteiger partial charge in [0.15, 0.2) is 21.2 Å². The number of aromatic nitrogens is 16. The Morgan fingerprint density at radius 2 is 0.711 bits per heavy atom. The maximum atomic E-state index is 11.6. The lowest BCUT2D eigenvalue weighted by molar-refractivity contribution is 0.550. The molecule has 620 valence electrons. The second kappa shape index (κ2) is 42.6. The number of rotatable bonds is 11. The van der Waals surface area contributed by atoms with Crippen LogP contribution >= 0.6 is 34.0 Å². The summed E-state index contributed by atoms with van der Waals surface area (Å²) < 4.78 is 5.57. The van der Waals surface area contributed by atoms with Gasteiger partial charge >= 0.3 is 0 Å². The van der Waals surface area contributed by atoms with Crippen molar-refractivity contribution in [1.29, 1.82) is 0 Å². The van der Waals surface area contributed by atoms with E-state index in [4.69, 9.17) is 4.98 Å². The molecule has 0 saturated carbocycles. The fraction of sp³-hybridized carbons (Fsp3) is 0.533. The Hall–Kier alpha value is -9.00. The lowest BCUT2D eigenvalue weighted by atomic mass is 9.93. The topological polar surface area (TPSA) is 212 Å². The molecule has 0 aromatic carbocycles. The Balaban J connectivity index is 0.000000233. The van der Waals surface area contributed by atoms with Crippen molar-refractivity contribution < 1.29 is 0 Å². The third-order valence-corrected chi connectivity index (χ3v) is 20.4. The summed E-state index contributed by atoms with van der Waals surface area (Å²) in [6.45, 7) is 68.5. The number of anilines is 4. The molecule has 24 heteroatoms. The van der Waals surface area contributed by atoms with Crippen molar-refractivity contribution in [3.8, 4) is 16.1 Å². The van der Waals surface area contributed by atoms with Crippen molar-refractivity contribution in [3.05, 3.63) is 213 Å². The molecule has 0 spiro atoms. The number of hydrogen-bond donors (Lipinski definition) is 0. The Labute approximate surface area is 696 Å². The van der Waals surface area contributed by atoms with Crippen LogP contribution in [0.25, 0.3) is 16.1 Å². The molecule has 11 aromatic heterocycles. The molecule has 21 nitrogen and oxygen atoms in total. The van der Waals surface area contributed by atoms with Crippen molar-refractivity contribution in [2.45, 2.75) is 263 Å². The van der Waals surface area contributed by atoms with Crippen LogP contribution in [0.1, 0.15) is 264 Å². The minimum absolute atomic E-state index is 0.0210. The number of thiazole rings is 3. The molecule has 1 fully saturated rings. The molecule has 12 rings (SSSR count). The molecule has 1 saturated heterocycles. The highest BCUT2D eigenvalue weighted by Crippen LogP contribution is 2.31. The molecule has 1 aliphatic heterocycles. The first-order chi connectivity index (χ1) is 53.1. The summed E-state index contributed by atoms with van der Waals surface area (Å²) in [5.41, 5.74) is 10.2. The van der Waals surface area contributed by atoms with E-state index in [1.54, 1.807) is 58.1 Å². The van der Waals surface area contributed by atoms with Gasteiger partial charge in [-0.15, -0.1) is 34.0 Å². The normalized spacial score (nSPS) is 12.5. The monoisotopic (exact) mass is 1610 g/mol. The fourth-order valence-corrected chi connectivity index (χ4v) is 13.5. The van der Waals surface area contributed by atoms with E-state index < -0.39 is 0 Å². The van der Waals surface area contributed by atoms with Crippen molar-refractivity contribution in [2.24, 2.45) is 0 Å². The van der Waals surface area contributed by atoms with Crippen LogP contribution in [0.3, 0.4) is 0 Å². The van der Waals surface area contributed by atoms with Crippen LogP contribution in [-0.2, 0) is 43.3 Å². The number of aryl methyl sites for hydroxylation is 1. The largest absolute Gasteiger partial charge is 0.361 e. The van der Waals surface area contributed by atoms with Gasteiger partial charge in [0.1, 0.15) is 17.5 Å². The predicted molar refractivity (Wildman–Crippen MR) is 483 cm³/mol. The molecular weight excluding hydrogens is 1470 g/mol. The molecule has 12 heterocycles. The van der Waals surface area contributed by atoms with Crippen LogP contribution in [0.5, 0.6) is 0 Å². The van der Waals surface area contributed by atoms with E-state index in [2.05, 4.69) is 279 Å². The lowest BCUT2D eigenvalue weighted by Crippen LogP contribution is -2.31. The molecule has 0 aliphatic carbocycles. The van der Waals surface area contributed by atoms with Gasteiger partial charge in [-0.05, 0) is 84.2 Å². The zero-order valence-electron chi connectivity index (χ0n) is 74.9. The minimum Gasteiger partial charge on any atom is -0.361 e. The lowest BCUT2D eigenvalue weighted by Gasteiger charge is -2.28. The van der Waals surface area contributed by atoms with E-state index in [0.717, 1.165) is 123 Å². The van der Waals surface area contributed by atoms with Gasteiger partial charge in [-0.3, -0.25) is 39.3 Å². The second-order valence-electron chi connectivity index (χ2n) is 36.5. The number of nitrogens with zero attached hydrogens (tertiary/aromatic N) is 20. The molecule has 0 bridgehead atoms. The molecule has 0 atom stereocenters. The van der Waals surface area contributed by atoms with Gasteiger partial charge in [0.2, 0.25) is 0 Å². The van der Waals surface area contributed by atoms with E-state index in [0.29, 0.717) is 0 Å². The smallest absolute Gasteiger partial charge is 0.256 e. The van der Waals surface area contributed by atoms with Gasteiger partial charge in [0.05, 0.1) is 76.0 Å². The van der Waals surface area contributed by atoms with Crippen molar-refractivity contribution in [2.75, 3.05) is 73.0 Å². The van der Waals surface area contributed by atoms with Gasteiger partial charge in [0, 0.05) is 187 Å². The SMILES string of the molecule is CC(C)(C)c1cncc(-n2cccc2)n1.CC(C)(C)c1cncc(N2CCCCC2)n1.CC(C)(C)c1csc(-n2cccc2)n1.CC(C)(C)c1csc(-n2ccccc2=O)n1.CCN(CC)c1cncc(C(C)(C)C)n1.CCN(CC)c1nc(C(C)(C)C)cs1.CN(C)c1cncc(C(C)(C)C)n1.Cc1cncc(C(C)(C)C)n1. The van der Waals surface area contributed by atoms with Crippen LogP contribution in [-0.4, -0.2) is 132 Å². The Morgan fingerprint density at radius 3 is 1.12 bits per heavy atom. The number of hydrogen-bond acceptors (Lipinski definition) is 21. The van der Waals surface area contributed by atoms with Gasteiger partial charge in [0.25, 0.3) is 5.56 Å². The van der Waals surface area contributed by atoms with Crippen LogP contribution in [0.2, 0.25) is 0 Å². The van der Waals surface area contributed by atoms with Crippen LogP contribution in [0.4, 0.5) is 22.6 Å². The molecule has 0 amide bonds. The maximum absolute atomic E-state index is 11.6. The highest BCUT2D eigenvalue weighted by molar-refractivity contribution is 7.13. The van der Waals surface area contributed by atoms with Crippen molar-refractivity contribution in [1.82, 2.24) is 78.5 Å². The number of piperidine rings is 1. The van der Waals surface area contributed by atoms with Crippen LogP contribution < -0.4 is 25.2 Å². The summed E-state index contributed by atoms with van der Waals surface area (Å²) >= 11 is 4.93. The zero-order valence-corrected chi connectivity index (χ0v) is 77.3. The van der Waals surface area contributed by atoms with Gasteiger partial charge < -0.3 is 28.7 Å². The Bertz CT molecular complexity index is 4620. The van der Waals surface area contributed by atoms with Crippen LogP contribution in [0.15, 0.2) is 156 Å². The molecule has 0 unspecified atom stereocenters. The first-order valence-electron chi connectivity index (χ1n) is 39.9. The minimum atomic E-state index is -0.0442. The van der Waals surface area contributed by atoms with Crippen molar-refractivity contribution in [3.63, 3.8) is 0 Å². The highest BCUT2D eigenvalue weighted by Gasteiger charge is 2.25. The first-order valence-corrected chi connectivity index (χ1v) is 42.6. The molecular formula is C90H136N20OS3. The van der Waals surface area contributed by atoms with Gasteiger partial charge in [-0.2, -0.15) is 0 Å². The summed E-state index contributed by atoms with van der Waals surface area (Å²) in [6, 6.07) is 13.1. The van der Waals surface area contributed by atoms with E-state index in [1.807, 2.05) is 139 Å². The average Bonchev–Trinajstić information content (AvgIpc) is 1.77. The maximum Gasteiger partial charge on any atom is 0.256 e. The van der Waals surface area contributed by atoms with E-state index in [9.17, 15) is 4.79 Å². The summed E-state index contributed by atoms with van der Waals surface area (Å²) in [5, 5.41) is 9.24. The number of pyridine rings is 1.